The van der Waals surface area contributed by atoms with Crippen LogP contribution in [-0.2, 0) is 4.74 Å². The Hall–Kier alpha value is -3.13. The highest BCUT2D eigenvalue weighted by molar-refractivity contribution is 5.94. The maximum Gasteiger partial charge on any atom is 0.338 e. The van der Waals surface area contributed by atoms with E-state index in [0.29, 0.717) is 23.6 Å². The Bertz CT molecular complexity index is 873. The van der Waals surface area contributed by atoms with Gasteiger partial charge in [0.25, 0.3) is 0 Å². The molecule has 1 N–H and O–H groups in total. The number of carbonyl (C=O) groups excluding carboxylic acids is 1. The zero-order valence-corrected chi connectivity index (χ0v) is 12.0. The maximum absolute atomic E-state index is 11.7. The molecule has 2 aromatic carbocycles. The van der Waals surface area contributed by atoms with Crippen LogP contribution in [0.2, 0.25) is 0 Å². The standard InChI is InChI=1S/C17H13N3O2/c1-2-22-17(21)13-7-8-14-15(9-13)20-16(19-14)12-5-3-11(10-18)4-6-12/h3-9H,2H2,1H3,(H,19,20). The molecule has 3 rings (SSSR count). The Morgan fingerprint density at radius 1 is 1.27 bits per heavy atom. The Balaban J connectivity index is 1.98. The summed E-state index contributed by atoms with van der Waals surface area (Å²) in [6.45, 7) is 2.12. The van der Waals surface area contributed by atoms with Crippen molar-refractivity contribution in [1.29, 1.82) is 5.26 Å². The molecule has 0 amide bonds. The lowest BCUT2D eigenvalue weighted by Crippen LogP contribution is -2.04. The molecule has 0 aliphatic carbocycles. The number of esters is 1. The molecule has 5 heteroatoms. The van der Waals surface area contributed by atoms with Crippen LogP contribution < -0.4 is 0 Å². The number of aromatic nitrogens is 2. The van der Waals surface area contributed by atoms with Crippen molar-refractivity contribution < 1.29 is 9.53 Å². The molecule has 0 atom stereocenters. The largest absolute Gasteiger partial charge is 0.462 e. The van der Waals surface area contributed by atoms with Gasteiger partial charge in [0.2, 0.25) is 0 Å². The zero-order valence-electron chi connectivity index (χ0n) is 12.0. The van der Waals surface area contributed by atoms with Gasteiger partial charge in [-0.3, -0.25) is 0 Å². The number of aromatic amines is 1. The average Bonchev–Trinajstić information content (AvgIpc) is 2.98. The number of imidazole rings is 1. The Morgan fingerprint density at radius 2 is 2.05 bits per heavy atom. The molecule has 0 bridgehead atoms. The summed E-state index contributed by atoms with van der Waals surface area (Å²) in [4.78, 5) is 19.4. The normalized spacial score (nSPS) is 10.4. The molecular formula is C17H13N3O2. The number of nitrogens with one attached hydrogen (secondary N) is 1. The number of nitrogens with zero attached hydrogens (tertiary/aromatic N) is 2. The van der Waals surface area contributed by atoms with Crippen LogP contribution in [0.4, 0.5) is 0 Å². The minimum absolute atomic E-state index is 0.344. The number of hydrogen-bond acceptors (Lipinski definition) is 4. The van der Waals surface area contributed by atoms with Crippen molar-refractivity contribution >= 4 is 17.0 Å². The molecule has 0 radical (unpaired) electrons. The van der Waals surface area contributed by atoms with E-state index in [-0.39, 0.29) is 5.97 Å². The van der Waals surface area contributed by atoms with Gasteiger partial charge in [0.1, 0.15) is 5.82 Å². The predicted molar refractivity (Wildman–Crippen MR) is 82.2 cm³/mol. The van der Waals surface area contributed by atoms with Gasteiger partial charge >= 0.3 is 5.97 Å². The minimum atomic E-state index is -0.348. The van der Waals surface area contributed by atoms with Gasteiger partial charge in [-0.15, -0.1) is 0 Å². The lowest BCUT2D eigenvalue weighted by Gasteiger charge is -2.00. The van der Waals surface area contributed by atoms with Crippen LogP contribution in [0, 0.1) is 11.3 Å². The Kier molecular flexibility index (Phi) is 3.58. The lowest BCUT2D eigenvalue weighted by molar-refractivity contribution is 0.0526. The van der Waals surface area contributed by atoms with Crippen LogP contribution in [0.15, 0.2) is 42.5 Å². The van der Waals surface area contributed by atoms with E-state index in [9.17, 15) is 4.79 Å². The van der Waals surface area contributed by atoms with Gasteiger partial charge < -0.3 is 9.72 Å². The number of benzene rings is 2. The molecular weight excluding hydrogens is 278 g/mol. The number of nitriles is 1. The molecule has 1 aromatic heterocycles. The van der Waals surface area contributed by atoms with E-state index in [2.05, 4.69) is 16.0 Å². The third-order valence-corrected chi connectivity index (χ3v) is 3.28. The summed E-state index contributed by atoms with van der Waals surface area (Å²) < 4.78 is 4.99. The lowest BCUT2D eigenvalue weighted by atomic mass is 10.1. The SMILES string of the molecule is CCOC(=O)c1ccc2nc(-c3ccc(C#N)cc3)[nH]c2c1. The van der Waals surface area contributed by atoms with Crippen molar-refractivity contribution in [2.75, 3.05) is 6.61 Å². The Morgan fingerprint density at radius 3 is 2.73 bits per heavy atom. The second kappa shape index (κ2) is 5.70. The molecule has 0 saturated carbocycles. The van der Waals surface area contributed by atoms with Crippen molar-refractivity contribution in [1.82, 2.24) is 9.97 Å². The predicted octanol–water partition coefficient (Wildman–Crippen LogP) is 3.28. The number of fused-ring (bicyclic) bond motifs is 1. The van der Waals surface area contributed by atoms with Crippen molar-refractivity contribution in [3.8, 4) is 17.5 Å². The second-order valence-electron chi connectivity index (χ2n) is 4.73. The molecule has 108 valence electrons. The van der Waals surface area contributed by atoms with Gasteiger partial charge in [-0.05, 0) is 49.4 Å². The van der Waals surface area contributed by atoms with E-state index in [0.717, 1.165) is 16.6 Å². The quantitative estimate of drug-likeness (QED) is 0.751. The summed E-state index contributed by atoms with van der Waals surface area (Å²) in [5.74, 6) is 0.347. The number of hydrogen-bond donors (Lipinski definition) is 1. The molecule has 3 aromatic rings. The van der Waals surface area contributed by atoms with Crippen LogP contribution in [0.1, 0.15) is 22.8 Å². The van der Waals surface area contributed by atoms with Crippen molar-refractivity contribution in [3.63, 3.8) is 0 Å². The highest BCUT2D eigenvalue weighted by Crippen LogP contribution is 2.22. The van der Waals surface area contributed by atoms with E-state index in [1.165, 1.54) is 0 Å². The summed E-state index contributed by atoms with van der Waals surface area (Å²) in [6, 6.07) is 14.4. The van der Waals surface area contributed by atoms with E-state index in [1.54, 1.807) is 37.3 Å². The minimum Gasteiger partial charge on any atom is -0.462 e. The fourth-order valence-electron chi connectivity index (χ4n) is 2.19. The third-order valence-electron chi connectivity index (χ3n) is 3.28. The van der Waals surface area contributed by atoms with Crippen LogP contribution in [0.3, 0.4) is 0 Å². The first-order chi connectivity index (χ1) is 10.7. The van der Waals surface area contributed by atoms with Crippen molar-refractivity contribution in [3.05, 3.63) is 53.6 Å². The molecule has 0 aliphatic heterocycles. The molecule has 22 heavy (non-hydrogen) atoms. The van der Waals surface area contributed by atoms with E-state index in [4.69, 9.17) is 10.00 Å². The van der Waals surface area contributed by atoms with Gasteiger partial charge in [0, 0.05) is 5.56 Å². The zero-order chi connectivity index (χ0) is 15.5. The summed E-state index contributed by atoms with van der Waals surface area (Å²) in [6.07, 6.45) is 0. The second-order valence-corrected chi connectivity index (χ2v) is 4.73. The van der Waals surface area contributed by atoms with Gasteiger partial charge in [0.05, 0.1) is 34.8 Å². The monoisotopic (exact) mass is 291 g/mol. The van der Waals surface area contributed by atoms with E-state index in [1.807, 2.05) is 12.1 Å². The molecule has 0 saturated heterocycles. The maximum atomic E-state index is 11.7. The summed E-state index contributed by atoms with van der Waals surface area (Å²) >= 11 is 0. The number of ether oxygens (including phenoxy) is 1. The van der Waals surface area contributed by atoms with E-state index < -0.39 is 0 Å². The van der Waals surface area contributed by atoms with Crippen molar-refractivity contribution in [2.45, 2.75) is 6.92 Å². The van der Waals surface area contributed by atoms with Gasteiger partial charge in [-0.1, -0.05) is 0 Å². The topological polar surface area (TPSA) is 78.8 Å². The van der Waals surface area contributed by atoms with Crippen LogP contribution in [-0.4, -0.2) is 22.5 Å². The third kappa shape index (κ3) is 2.54. The van der Waals surface area contributed by atoms with Crippen LogP contribution >= 0.6 is 0 Å². The first kappa shape index (κ1) is 13.8. The fraction of sp³-hybridized carbons (Fsp3) is 0.118. The van der Waals surface area contributed by atoms with Gasteiger partial charge in [0.15, 0.2) is 0 Å². The average molecular weight is 291 g/mol. The van der Waals surface area contributed by atoms with Gasteiger partial charge in [-0.2, -0.15) is 5.26 Å². The molecule has 0 unspecified atom stereocenters. The summed E-state index contributed by atoms with van der Waals surface area (Å²) in [5.41, 5.74) is 3.51. The van der Waals surface area contributed by atoms with Gasteiger partial charge in [-0.25, -0.2) is 9.78 Å². The summed E-state index contributed by atoms with van der Waals surface area (Å²) in [5, 5.41) is 8.82. The summed E-state index contributed by atoms with van der Waals surface area (Å²) in [7, 11) is 0. The first-order valence-corrected chi connectivity index (χ1v) is 6.88. The van der Waals surface area contributed by atoms with E-state index >= 15 is 0 Å². The number of H-pyrrole nitrogens is 1. The molecule has 0 aliphatic rings. The Labute approximate surface area is 127 Å². The molecule has 0 fully saturated rings. The first-order valence-electron chi connectivity index (χ1n) is 6.88. The molecule has 1 heterocycles. The smallest absolute Gasteiger partial charge is 0.338 e. The number of carbonyl (C=O) groups is 1. The fourth-order valence-corrected chi connectivity index (χ4v) is 2.19. The highest BCUT2D eigenvalue weighted by Gasteiger charge is 2.10. The highest BCUT2D eigenvalue weighted by atomic mass is 16.5. The molecule has 5 nitrogen and oxygen atoms in total. The van der Waals surface area contributed by atoms with Crippen LogP contribution in [0.5, 0.6) is 0 Å². The van der Waals surface area contributed by atoms with Crippen LogP contribution in [0.25, 0.3) is 22.4 Å². The number of rotatable bonds is 3. The molecule has 0 spiro atoms. The van der Waals surface area contributed by atoms with Crippen molar-refractivity contribution in [2.24, 2.45) is 0 Å².